The molecule has 1 heterocycles. The summed E-state index contributed by atoms with van der Waals surface area (Å²) in [4.78, 5) is 4.38. The van der Waals surface area contributed by atoms with E-state index in [0.29, 0.717) is 28.3 Å². The van der Waals surface area contributed by atoms with Crippen molar-refractivity contribution in [3.8, 4) is 17.1 Å². The molecule has 106 valence electrons. The van der Waals surface area contributed by atoms with Crippen LogP contribution in [0.1, 0.15) is 5.82 Å². The number of aromatic nitrogens is 3. The van der Waals surface area contributed by atoms with Crippen molar-refractivity contribution in [3.05, 3.63) is 64.4 Å². The molecule has 0 saturated carbocycles. The van der Waals surface area contributed by atoms with Gasteiger partial charge in [-0.3, -0.25) is 5.10 Å². The van der Waals surface area contributed by atoms with E-state index in [-0.39, 0.29) is 0 Å². The first kappa shape index (κ1) is 13.9. The van der Waals surface area contributed by atoms with E-state index in [4.69, 9.17) is 27.9 Å². The Morgan fingerprint density at radius 2 is 1.52 bits per heavy atom. The molecule has 0 bridgehead atoms. The van der Waals surface area contributed by atoms with Gasteiger partial charge in [0.1, 0.15) is 12.4 Å². The Morgan fingerprint density at radius 1 is 0.905 bits per heavy atom. The van der Waals surface area contributed by atoms with Gasteiger partial charge in [0.2, 0.25) is 0 Å². The Kier molecular flexibility index (Phi) is 4.08. The molecule has 21 heavy (non-hydrogen) atoms. The molecule has 0 aliphatic rings. The van der Waals surface area contributed by atoms with Crippen LogP contribution >= 0.6 is 23.2 Å². The Hall–Kier alpha value is -2.04. The lowest BCUT2D eigenvalue weighted by Gasteiger charge is -2.03. The van der Waals surface area contributed by atoms with E-state index in [1.54, 1.807) is 36.4 Å². The predicted molar refractivity (Wildman–Crippen MR) is 82.6 cm³/mol. The van der Waals surface area contributed by atoms with Gasteiger partial charge in [0.15, 0.2) is 11.6 Å². The Morgan fingerprint density at radius 3 is 2.19 bits per heavy atom. The first-order valence-corrected chi connectivity index (χ1v) is 7.02. The van der Waals surface area contributed by atoms with Gasteiger partial charge < -0.3 is 4.74 Å². The van der Waals surface area contributed by atoms with Gasteiger partial charge in [-0.2, -0.15) is 5.10 Å². The second-order valence-corrected chi connectivity index (χ2v) is 5.23. The van der Waals surface area contributed by atoms with Gasteiger partial charge in [-0.25, -0.2) is 4.98 Å². The molecule has 0 spiro atoms. The van der Waals surface area contributed by atoms with E-state index in [1.165, 1.54) is 0 Å². The Balaban J connectivity index is 1.67. The third-order valence-electron chi connectivity index (χ3n) is 2.82. The summed E-state index contributed by atoms with van der Waals surface area (Å²) in [5, 5.41) is 8.37. The molecule has 0 unspecified atom stereocenters. The molecule has 0 saturated heterocycles. The van der Waals surface area contributed by atoms with Crippen LogP contribution in [0.2, 0.25) is 10.0 Å². The smallest absolute Gasteiger partial charge is 0.181 e. The maximum Gasteiger partial charge on any atom is 0.181 e. The number of aromatic amines is 1. The number of nitrogens with one attached hydrogen (secondary N) is 1. The first-order chi connectivity index (χ1) is 10.2. The van der Waals surface area contributed by atoms with Gasteiger partial charge in [-0.05, 0) is 48.5 Å². The molecule has 0 aliphatic carbocycles. The molecule has 3 rings (SSSR count). The number of H-pyrrole nitrogens is 1. The highest BCUT2D eigenvalue weighted by molar-refractivity contribution is 6.30. The van der Waals surface area contributed by atoms with Gasteiger partial charge in [-0.15, -0.1) is 0 Å². The van der Waals surface area contributed by atoms with E-state index >= 15 is 0 Å². The first-order valence-electron chi connectivity index (χ1n) is 6.26. The third kappa shape index (κ3) is 3.54. The van der Waals surface area contributed by atoms with Gasteiger partial charge in [0.05, 0.1) is 0 Å². The maximum atomic E-state index is 5.85. The summed E-state index contributed by atoms with van der Waals surface area (Å²) >= 11 is 11.7. The zero-order valence-corrected chi connectivity index (χ0v) is 12.4. The van der Waals surface area contributed by atoms with Crippen molar-refractivity contribution in [1.82, 2.24) is 15.2 Å². The number of hydrogen-bond donors (Lipinski definition) is 1. The average Bonchev–Trinajstić information content (AvgIpc) is 2.96. The summed E-state index contributed by atoms with van der Waals surface area (Å²) in [5.41, 5.74) is 0.897. The van der Waals surface area contributed by atoms with Crippen molar-refractivity contribution in [1.29, 1.82) is 0 Å². The zero-order valence-electron chi connectivity index (χ0n) is 10.9. The lowest BCUT2D eigenvalue weighted by Crippen LogP contribution is -1.97. The Labute approximate surface area is 131 Å². The van der Waals surface area contributed by atoms with Crippen molar-refractivity contribution in [2.45, 2.75) is 6.61 Å². The molecule has 0 atom stereocenters. The van der Waals surface area contributed by atoms with Crippen LogP contribution in [0.15, 0.2) is 48.5 Å². The molecular weight excluding hydrogens is 309 g/mol. The molecule has 1 N–H and O–H groups in total. The van der Waals surface area contributed by atoms with E-state index in [2.05, 4.69) is 15.2 Å². The van der Waals surface area contributed by atoms with Crippen LogP contribution in [0.5, 0.6) is 5.75 Å². The molecule has 2 aromatic carbocycles. The fourth-order valence-corrected chi connectivity index (χ4v) is 2.02. The van der Waals surface area contributed by atoms with Crippen LogP contribution < -0.4 is 4.74 Å². The van der Waals surface area contributed by atoms with Crippen molar-refractivity contribution >= 4 is 23.2 Å². The second kappa shape index (κ2) is 6.16. The normalized spacial score (nSPS) is 10.6. The van der Waals surface area contributed by atoms with Crippen molar-refractivity contribution in [2.75, 3.05) is 0 Å². The summed E-state index contributed by atoms with van der Waals surface area (Å²) < 4.78 is 5.60. The summed E-state index contributed by atoms with van der Waals surface area (Å²) in [7, 11) is 0. The number of ether oxygens (including phenoxy) is 1. The minimum Gasteiger partial charge on any atom is -0.486 e. The molecule has 4 nitrogen and oxygen atoms in total. The van der Waals surface area contributed by atoms with Gasteiger partial charge in [0.25, 0.3) is 0 Å². The number of halogens is 2. The largest absolute Gasteiger partial charge is 0.486 e. The molecular formula is C15H11Cl2N3O. The summed E-state index contributed by atoms with van der Waals surface area (Å²) in [6, 6.07) is 14.5. The van der Waals surface area contributed by atoms with E-state index < -0.39 is 0 Å². The van der Waals surface area contributed by atoms with Gasteiger partial charge >= 0.3 is 0 Å². The summed E-state index contributed by atoms with van der Waals surface area (Å²) in [6.45, 7) is 0.308. The molecule has 1 aromatic heterocycles. The lowest BCUT2D eigenvalue weighted by atomic mass is 10.2. The highest BCUT2D eigenvalue weighted by Crippen LogP contribution is 2.19. The Bertz CT molecular complexity index is 723. The van der Waals surface area contributed by atoms with Crippen LogP contribution in [0, 0.1) is 0 Å². The summed E-state index contributed by atoms with van der Waals surface area (Å²) in [5.74, 6) is 1.99. The molecule has 3 aromatic rings. The fraction of sp³-hybridized carbons (Fsp3) is 0.0667. The average molecular weight is 320 g/mol. The van der Waals surface area contributed by atoms with E-state index in [1.807, 2.05) is 12.1 Å². The minimum absolute atomic E-state index is 0.308. The molecule has 0 amide bonds. The number of benzene rings is 2. The number of nitrogens with zero attached hydrogens (tertiary/aromatic N) is 2. The predicted octanol–water partition coefficient (Wildman–Crippen LogP) is 4.36. The van der Waals surface area contributed by atoms with E-state index in [9.17, 15) is 0 Å². The SMILES string of the molecule is Clc1ccc(OCc2nc(-c3ccc(Cl)cc3)n[nH]2)cc1. The molecule has 0 fully saturated rings. The van der Waals surface area contributed by atoms with Crippen LogP contribution in [0.25, 0.3) is 11.4 Å². The fourth-order valence-electron chi connectivity index (χ4n) is 1.77. The maximum absolute atomic E-state index is 5.85. The van der Waals surface area contributed by atoms with Gasteiger partial charge in [-0.1, -0.05) is 23.2 Å². The summed E-state index contributed by atoms with van der Waals surface area (Å²) in [6.07, 6.45) is 0. The topological polar surface area (TPSA) is 50.8 Å². The van der Waals surface area contributed by atoms with Crippen molar-refractivity contribution < 1.29 is 4.74 Å². The number of rotatable bonds is 4. The van der Waals surface area contributed by atoms with Crippen LogP contribution in [0.3, 0.4) is 0 Å². The lowest BCUT2D eigenvalue weighted by molar-refractivity contribution is 0.296. The van der Waals surface area contributed by atoms with E-state index in [0.717, 1.165) is 11.3 Å². The van der Waals surface area contributed by atoms with Crippen LogP contribution in [-0.4, -0.2) is 15.2 Å². The van der Waals surface area contributed by atoms with Crippen LogP contribution in [0.4, 0.5) is 0 Å². The molecule has 0 radical (unpaired) electrons. The van der Waals surface area contributed by atoms with Gasteiger partial charge in [0, 0.05) is 15.6 Å². The highest BCUT2D eigenvalue weighted by Gasteiger charge is 2.06. The molecule has 0 aliphatic heterocycles. The second-order valence-electron chi connectivity index (χ2n) is 4.36. The highest BCUT2D eigenvalue weighted by atomic mass is 35.5. The molecule has 6 heteroatoms. The third-order valence-corrected chi connectivity index (χ3v) is 3.33. The standard InChI is InChI=1S/C15H11Cl2N3O/c16-11-3-1-10(2-4-11)15-18-14(19-20-15)9-21-13-7-5-12(17)6-8-13/h1-8H,9H2,(H,18,19,20). The van der Waals surface area contributed by atoms with Crippen molar-refractivity contribution in [3.63, 3.8) is 0 Å². The quantitative estimate of drug-likeness (QED) is 0.777. The zero-order chi connectivity index (χ0) is 14.7. The number of hydrogen-bond acceptors (Lipinski definition) is 3. The van der Waals surface area contributed by atoms with Crippen molar-refractivity contribution in [2.24, 2.45) is 0 Å². The van der Waals surface area contributed by atoms with Crippen LogP contribution in [-0.2, 0) is 6.61 Å². The minimum atomic E-state index is 0.308. The monoisotopic (exact) mass is 319 g/mol.